The number of aliphatic hydroxyl groups is 1. The lowest BCUT2D eigenvalue weighted by atomic mass is 10.0. The predicted octanol–water partition coefficient (Wildman–Crippen LogP) is 20.9. The second-order valence-electron chi connectivity index (χ2n) is 24.9. The van der Waals surface area contributed by atoms with Crippen LogP contribution in [-0.4, -0.2) is 96.7 Å². The van der Waals surface area contributed by atoms with Gasteiger partial charge in [0.15, 0.2) is 12.2 Å². The zero-order valence-electron chi connectivity index (χ0n) is 59.4. The fourth-order valence-electron chi connectivity index (χ4n) is 10.0. The molecule has 19 heteroatoms. The molecule has 0 spiro atoms. The van der Waals surface area contributed by atoms with Gasteiger partial charge in [-0.3, -0.25) is 37.3 Å². The highest BCUT2D eigenvalue weighted by molar-refractivity contribution is 7.47. The number of aliphatic hydroxyl groups excluding tert-OH is 1. The second-order valence-corrected chi connectivity index (χ2v) is 27.8. The van der Waals surface area contributed by atoms with Crippen molar-refractivity contribution < 1.29 is 80.2 Å². The lowest BCUT2D eigenvalue weighted by molar-refractivity contribution is -0.161. The average Bonchev–Trinajstić information content (AvgIpc) is 1.32. The van der Waals surface area contributed by atoms with Crippen LogP contribution in [-0.2, 0) is 65.4 Å². The van der Waals surface area contributed by atoms with E-state index in [1.54, 1.807) is 0 Å². The molecule has 0 bridgehead atoms. The molecule has 0 radical (unpaired) electrons. The van der Waals surface area contributed by atoms with Crippen LogP contribution in [0.25, 0.3) is 0 Å². The molecule has 0 aliphatic heterocycles. The Kier molecular flexibility index (Phi) is 65.5. The summed E-state index contributed by atoms with van der Waals surface area (Å²) >= 11 is 0. The van der Waals surface area contributed by atoms with Crippen LogP contribution in [0, 0.1) is 0 Å². The Labute approximate surface area is 571 Å². The molecule has 94 heavy (non-hydrogen) atoms. The molecule has 0 aromatic carbocycles. The summed E-state index contributed by atoms with van der Waals surface area (Å²) in [5, 5.41) is 10.6. The molecule has 0 saturated carbocycles. The Bertz CT molecular complexity index is 2070. The predicted molar refractivity (Wildman–Crippen MR) is 381 cm³/mol. The van der Waals surface area contributed by atoms with Gasteiger partial charge in [0.2, 0.25) is 0 Å². The van der Waals surface area contributed by atoms with Crippen molar-refractivity contribution in [1.29, 1.82) is 0 Å². The molecule has 5 atom stereocenters. The quantitative estimate of drug-likeness (QED) is 0.0169. The van der Waals surface area contributed by atoms with Crippen molar-refractivity contribution >= 4 is 39.5 Å². The lowest BCUT2D eigenvalue weighted by Crippen LogP contribution is -2.30. The minimum Gasteiger partial charge on any atom is -0.462 e. The Balaban J connectivity index is 5.33. The van der Waals surface area contributed by atoms with Gasteiger partial charge in [-0.2, -0.15) is 0 Å². The molecule has 0 fully saturated rings. The SMILES string of the molecule is CC/C=C\C/C=C\C/C=C\C/C=C\C/C=C\CCCC(=O)OCC(COP(=O)(O)OCC(O)COP(=O)(O)OCC(COC(=O)CCCCCCCCCCCCCCC)OC(=O)CCCCCCCCCCCCCCC)OC(=O)CCCCCCC/C=C\CCCC. The highest BCUT2D eigenvalue weighted by Gasteiger charge is 2.30. The summed E-state index contributed by atoms with van der Waals surface area (Å²) in [7, 11) is -9.94. The number of unbranched alkanes of at least 4 members (excludes halogenated alkanes) is 32. The number of phosphoric acid groups is 2. The highest BCUT2D eigenvalue weighted by Crippen LogP contribution is 2.45. The Morgan fingerprint density at radius 1 is 0.309 bits per heavy atom. The number of allylic oxidation sites excluding steroid dienone is 12. The monoisotopic (exact) mass is 1370 g/mol. The Hall–Kier alpha value is -3.50. The van der Waals surface area contributed by atoms with Crippen LogP contribution in [0.3, 0.4) is 0 Å². The third-order valence-electron chi connectivity index (χ3n) is 15.7. The molecule has 0 aliphatic carbocycles. The molecule has 0 heterocycles. The van der Waals surface area contributed by atoms with E-state index in [4.69, 9.17) is 37.0 Å². The molecule has 0 rings (SSSR count). The zero-order valence-corrected chi connectivity index (χ0v) is 61.2. The van der Waals surface area contributed by atoms with Crippen LogP contribution in [0.5, 0.6) is 0 Å². The van der Waals surface area contributed by atoms with E-state index >= 15 is 0 Å². The molecule has 17 nitrogen and oxygen atoms in total. The molecule has 0 aromatic rings. The van der Waals surface area contributed by atoms with Crippen molar-refractivity contribution in [3.8, 4) is 0 Å². The maximum atomic E-state index is 13.0. The smallest absolute Gasteiger partial charge is 0.462 e. The van der Waals surface area contributed by atoms with Crippen LogP contribution in [0.1, 0.15) is 323 Å². The molecule has 0 aromatic heterocycles. The van der Waals surface area contributed by atoms with E-state index in [1.807, 2.05) is 12.2 Å². The van der Waals surface area contributed by atoms with Gasteiger partial charge in [-0.05, 0) is 83.5 Å². The van der Waals surface area contributed by atoms with Gasteiger partial charge in [0.25, 0.3) is 0 Å². The van der Waals surface area contributed by atoms with Crippen molar-refractivity contribution in [2.75, 3.05) is 39.6 Å². The summed E-state index contributed by atoms with van der Waals surface area (Å²) in [6, 6.07) is 0. The van der Waals surface area contributed by atoms with Gasteiger partial charge in [0, 0.05) is 25.7 Å². The molecular weight excluding hydrogens is 1230 g/mol. The van der Waals surface area contributed by atoms with Crippen LogP contribution < -0.4 is 0 Å². The van der Waals surface area contributed by atoms with E-state index in [-0.39, 0.29) is 25.7 Å². The van der Waals surface area contributed by atoms with Gasteiger partial charge in [0.1, 0.15) is 19.3 Å². The first-order valence-electron chi connectivity index (χ1n) is 37.2. The molecular formula is C75H134O17P2. The number of hydrogen-bond donors (Lipinski definition) is 3. The lowest BCUT2D eigenvalue weighted by Gasteiger charge is -2.21. The van der Waals surface area contributed by atoms with E-state index < -0.39 is 97.5 Å². The first kappa shape index (κ1) is 90.5. The minimum atomic E-state index is -4.98. The molecule has 5 unspecified atom stereocenters. The maximum absolute atomic E-state index is 13.0. The van der Waals surface area contributed by atoms with Crippen molar-refractivity contribution in [3.05, 3.63) is 72.9 Å². The zero-order chi connectivity index (χ0) is 69.0. The summed E-state index contributed by atoms with van der Waals surface area (Å²) in [5.41, 5.74) is 0. The van der Waals surface area contributed by atoms with Crippen molar-refractivity contribution in [3.63, 3.8) is 0 Å². The molecule has 546 valence electrons. The number of ether oxygens (including phenoxy) is 4. The number of carbonyl (C=O) groups excluding carboxylic acids is 4. The normalized spacial score (nSPS) is 14.4. The largest absolute Gasteiger partial charge is 0.472 e. The molecule has 0 aliphatic rings. The average molecular weight is 1370 g/mol. The van der Waals surface area contributed by atoms with Crippen LogP contribution >= 0.6 is 15.6 Å². The van der Waals surface area contributed by atoms with Gasteiger partial charge in [0.05, 0.1) is 26.4 Å². The number of hydrogen-bond acceptors (Lipinski definition) is 15. The number of esters is 4. The van der Waals surface area contributed by atoms with Gasteiger partial charge in [-0.1, -0.05) is 287 Å². The number of phosphoric ester groups is 2. The van der Waals surface area contributed by atoms with E-state index in [9.17, 15) is 43.2 Å². The Morgan fingerprint density at radius 2 is 0.574 bits per heavy atom. The van der Waals surface area contributed by atoms with Crippen molar-refractivity contribution in [1.82, 2.24) is 0 Å². The minimum absolute atomic E-state index is 0.0743. The van der Waals surface area contributed by atoms with Gasteiger partial charge >= 0.3 is 39.5 Å². The van der Waals surface area contributed by atoms with E-state index in [0.29, 0.717) is 32.1 Å². The van der Waals surface area contributed by atoms with E-state index in [1.165, 1.54) is 122 Å². The molecule has 0 saturated heterocycles. The summed E-state index contributed by atoms with van der Waals surface area (Å²) in [5.74, 6) is -2.23. The van der Waals surface area contributed by atoms with Gasteiger partial charge in [-0.25, -0.2) is 9.13 Å². The van der Waals surface area contributed by atoms with Crippen molar-refractivity contribution in [2.45, 2.75) is 341 Å². The molecule has 3 N–H and O–H groups in total. The van der Waals surface area contributed by atoms with Crippen LogP contribution in [0.2, 0.25) is 0 Å². The summed E-state index contributed by atoms with van der Waals surface area (Å²) in [4.78, 5) is 72.6. The van der Waals surface area contributed by atoms with E-state index in [0.717, 1.165) is 116 Å². The summed E-state index contributed by atoms with van der Waals surface area (Å²) in [6.45, 7) is 4.68. The van der Waals surface area contributed by atoms with E-state index in [2.05, 4.69) is 88.5 Å². The van der Waals surface area contributed by atoms with Crippen LogP contribution in [0.4, 0.5) is 0 Å². The standard InChI is InChI=1S/C75H134O17P2/c1-5-9-13-17-21-25-29-32-33-34-35-38-41-44-48-52-56-60-73(78)86-65-70(91-74(79)61-57-53-49-45-39-28-24-20-16-12-8-4)67-89-93(81,82)87-63-69(76)64-88-94(83,84)90-68-71(92-75(80)62-58-54-50-46-42-37-31-27-23-19-15-11-7-3)66-85-72(77)59-55-51-47-43-40-36-30-26-22-18-14-10-6-2/h9,13,20-21,24-25,32-33,35,38,44,48,69-71,76H,5-8,10-12,14-19,22-23,26-31,34,36-37,39-43,45-47,49-68H2,1-4H3,(H,81,82)(H,83,84)/b13-9-,24-20-,25-21-,33-32-,38-35-,48-44-. The van der Waals surface area contributed by atoms with Gasteiger partial charge in [-0.15, -0.1) is 0 Å². The van der Waals surface area contributed by atoms with Crippen molar-refractivity contribution in [2.24, 2.45) is 0 Å². The number of carbonyl (C=O) groups is 4. The Morgan fingerprint density at radius 3 is 0.936 bits per heavy atom. The topological polar surface area (TPSA) is 237 Å². The van der Waals surface area contributed by atoms with Crippen LogP contribution in [0.15, 0.2) is 72.9 Å². The first-order chi connectivity index (χ1) is 45.7. The third-order valence-corrected chi connectivity index (χ3v) is 17.6. The third kappa shape index (κ3) is 67.1. The highest BCUT2D eigenvalue weighted by atomic mass is 31.2. The fourth-order valence-corrected chi connectivity index (χ4v) is 11.6. The summed E-state index contributed by atoms with van der Waals surface area (Å²) < 4.78 is 68.3. The summed E-state index contributed by atoms with van der Waals surface area (Å²) in [6.07, 6.45) is 66.3. The molecule has 0 amide bonds. The maximum Gasteiger partial charge on any atom is 0.472 e. The number of rotatable bonds is 70. The van der Waals surface area contributed by atoms with Gasteiger partial charge < -0.3 is 33.8 Å². The first-order valence-corrected chi connectivity index (χ1v) is 40.2. The fraction of sp³-hybridized carbons (Fsp3) is 0.787. The second kappa shape index (κ2) is 68.0.